The first-order valence-electron chi connectivity index (χ1n) is 5.56. The van der Waals surface area contributed by atoms with Crippen molar-refractivity contribution in [1.82, 2.24) is 5.32 Å². The van der Waals surface area contributed by atoms with Crippen LogP contribution in [0.5, 0.6) is 0 Å². The van der Waals surface area contributed by atoms with Crippen LogP contribution in [-0.4, -0.2) is 18.4 Å². The quantitative estimate of drug-likeness (QED) is 0.527. The zero-order valence-corrected chi connectivity index (χ0v) is 8.92. The molecule has 0 aromatic rings. The normalized spacial score (nSPS) is 23.2. The number of nitrogens with zero attached hydrogens (tertiary/aromatic N) is 1. The van der Waals surface area contributed by atoms with Gasteiger partial charge in [-0.05, 0) is 32.9 Å². The second-order valence-electron chi connectivity index (χ2n) is 3.94. The van der Waals surface area contributed by atoms with Gasteiger partial charge in [-0.1, -0.05) is 25.7 Å². The molecule has 1 saturated carbocycles. The van der Waals surface area contributed by atoms with E-state index >= 15 is 0 Å². The van der Waals surface area contributed by atoms with Crippen molar-refractivity contribution >= 4 is 6.21 Å². The first-order chi connectivity index (χ1) is 6.33. The number of hydrogen-bond acceptors (Lipinski definition) is 2. The van der Waals surface area contributed by atoms with Gasteiger partial charge >= 0.3 is 0 Å². The van der Waals surface area contributed by atoms with Gasteiger partial charge in [-0.15, -0.1) is 0 Å². The Morgan fingerprint density at radius 3 is 2.38 bits per heavy atom. The average Bonchev–Trinajstić information content (AvgIpc) is 2.33. The van der Waals surface area contributed by atoms with Gasteiger partial charge in [0.15, 0.2) is 0 Å². The average molecular weight is 182 g/mol. The molecule has 0 heterocycles. The van der Waals surface area contributed by atoms with Crippen molar-refractivity contribution in [3.63, 3.8) is 0 Å². The van der Waals surface area contributed by atoms with Crippen LogP contribution in [0.3, 0.4) is 0 Å². The summed E-state index contributed by atoms with van der Waals surface area (Å²) in [6.45, 7) is 4.11. The van der Waals surface area contributed by atoms with Crippen molar-refractivity contribution in [3.8, 4) is 0 Å². The molecule has 2 heteroatoms. The van der Waals surface area contributed by atoms with Crippen LogP contribution in [0.15, 0.2) is 4.99 Å². The van der Waals surface area contributed by atoms with Crippen LogP contribution in [0, 0.1) is 0 Å². The van der Waals surface area contributed by atoms with E-state index in [2.05, 4.69) is 17.2 Å². The van der Waals surface area contributed by atoms with Gasteiger partial charge in [0, 0.05) is 6.04 Å². The second kappa shape index (κ2) is 6.14. The molecule has 0 spiro atoms. The molecule has 13 heavy (non-hydrogen) atoms. The van der Waals surface area contributed by atoms with Gasteiger partial charge in [-0.3, -0.25) is 10.3 Å². The zero-order valence-electron chi connectivity index (χ0n) is 8.92. The number of nitrogens with one attached hydrogen (secondary N) is 1. The third kappa shape index (κ3) is 4.41. The van der Waals surface area contributed by atoms with E-state index in [0.717, 1.165) is 0 Å². The second-order valence-corrected chi connectivity index (χ2v) is 3.94. The molecule has 2 nitrogen and oxygen atoms in total. The van der Waals surface area contributed by atoms with Gasteiger partial charge in [0.25, 0.3) is 0 Å². The van der Waals surface area contributed by atoms with Gasteiger partial charge < -0.3 is 0 Å². The molecule has 0 aromatic heterocycles. The van der Waals surface area contributed by atoms with E-state index < -0.39 is 0 Å². The summed E-state index contributed by atoms with van der Waals surface area (Å²) in [4.78, 5) is 4.31. The summed E-state index contributed by atoms with van der Waals surface area (Å²) in [5.41, 5.74) is 0. The molecule has 0 aromatic carbocycles. The van der Waals surface area contributed by atoms with E-state index in [0.29, 0.717) is 12.2 Å². The lowest BCUT2D eigenvalue weighted by molar-refractivity contribution is 0.415. The van der Waals surface area contributed by atoms with Crippen LogP contribution in [0.25, 0.3) is 0 Å². The third-order valence-corrected chi connectivity index (χ3v) is 2.70. The van der Waals surface area contributed by atoms with E-state index in [4.69, 9.17) is 0 Å². The third-order valence-electron chi connectivity index (χ3n) is 2.70. The van der Waals surface area contributed by atoms with Crippen LogP contribution in [0.2, 0.25) is 0 Å². The molecule has 0 saturated heterocycles. The number of rotatable bonds is 3. The molecule has 0 bridgehead atoms. The fraction of sp³-hybridized carbons (Fsp3) is 0.909. The summed E-state index contributed by atoms with van der Waals surface area (Å²) in [5, 5.41) is 3.56. The maximum Gasteiger partial charge on any atom is 0.0963 e. The standard InChI is InChI=1S/C11H22N2/c1-3-12-10(2)13-11-8-6-4-5-7-9-11/h3,10-11,13H,4-9H2,1-2H3/b12-3-. The Balaban J connectivity index is 2.25. The summed E-state index contributed by atoms with van der Waals surface area (Å²) in [6.07, 6.45) is 10.5. The molecule has 0 aliphatic heterocycles. The monoisotopic (exact) mass is 182 g/mol. The Morgan fingerprint density at radius 2 is 1.85 bits per heavy atom. The fourth-order valence-electron chi connectivity index (χ4n) is 2.05. The lowest BCUT2D eigenvalue weighted by Crippen LogP contribution is -2.35. The molecule has 1 N–H and O–H groups in total. The maximum absolute atomic E-state index is 4.31. The zero-order chi connectivity index (χ0) is 9.52. The van der Waals surface area contributed by atoms with Crippen LogP contribution >= 0.6 is 0 Å². The van der Waals surface area contributed by atoms with Crippen molar-refractivity contribution in [1.29, 1.82) is 0 Å². The Hall–Kier alpha value is -0.370. The molecule has 1 unspecified atom stereocenters. The van der Waals surface area contributed by atoms with Crippen LogP contribution < -0.4 is 5.32 Å². The van der Waals surface area contributed by atoms with Crippen LogP contribution in [0.1, 0.15) is 52.4 Å². The summed E-state index contributed by atoms with van der Waals surface area (Å²) < 4.78 is 0. The molecule has 76 valence electrons. The van der Waals surface area contributed by atoms with Gasteiger partial charge in [0.05, 0.1) is 6.17 Å². The molecule has 1 atom stereocenters. The Kier molecular flexibility index (Phi) is 5.06. The molecular weight excluding hydrogens is 160 g/mol. The van der Waals surface area contributed by atoms with E-state index in [-0.39, 0.29) is 0 Å². The molecule has 0 amide bonds. The smallest absolute Gasteiger partial charge is 0.0963 e. The predicted molar refractivity (Wildman–Crippen MR) is 58.3 cm³/mol. The van der Waals surface area contributed by atoms with E-state index in [1.165, 1.54) is 38.5 Å². The predicted octanol–water partition coefficient (Wildman–Crippen LogP) is 2.74. The van der Waals surface area contributed by atoms with E-state index in [1.54, 1.807) is 0 Å². The minimum atomic E-state index is 0.299. The number of aliphatic imine (C=N–C) groups is 1. The lowest BCUT2D eigenvalue weighted by atomic mass is 10.1. The first kappa shape index (κ1) is 10.7. The van der Waals surface area contributed by atoms with Crippen LogP contribution in [-0.2, 0) is 0 Å². The molecular formula is C11H22N2. The summed E-state index contributed by atoms with van der Waals surface area (Å²) in [5.74, 6) is 0. The van der Waals surface area contributed by atoms with Crippen molar-refractivity contribution in [2.45, 2.75) is 64.6 Å². The molecule has 1 aliphatic carbocycles. The molecule has 1 aliphatic rings. The van der Waals surface area contributed by atoms with Crippen molar-refractivity contribution in [3.05, 3.63) is 0 Å². The summed E-state index contributed by atoms with van der Waals surface area (Å²) in [6, 6.07) is 0.709. The Bertz CT molecular complexity index is 146. The highest BCUT2D eigenvalue weighted by Gasteiger charge is 2.12. The molecule has 0 radical (unpaired) electrons. The largest absolute Gasteiger partial charge is 0.293 e. The van der Waals surface area contributed by atoms with Crippen LogP contribution in [0.4, 0.5) is 0 Å². The maximum atomic E-state index is 4.31. The fourth-order valence-corrected chi connectivity index (χ4v) is 2.05. The van der Waals surface area contributed by atoms with E-state index in [9.17, 15) is 0 Å². The highest BCUT2D eigenvalue weighted by molar-refractivity contribution is 5.53. The Morgan fingerprint density at radius 1 is 1.23 bits per heavy atom. The summed E-state index contributed by atoms with van der Waals surface area (Å²) >= 11 is 0. The van der Waals surface area contributed by atoms with Crippen molar-refractivity contribution in [2.24, 2.45) is 4.99 Å². The van der Waals surface area contributed by atoms with Crippen molar-refractivity contribution in [2.75, 3.05) is 0 Å². The first-order valence-corrected chi connectivity index (χ1v) is 5.56. The lowest BCUT2D eigenvalue weighted by Gasteiger charge is -2.19. The minimum absolute atomic E-state index is 0.299. The van der Waals surface area contributed by atoms with Gasteiger partial charge in [-0.2, -0.15) is 0 Å². The SMILES string of the molecule is C/C=N\C(C)NC1CCCCCC1. The Labute approximate surface area is 81.8 Å². The van der Waals surface area contributed by atoms with Crippen molar-refractivity contribution < 1.29 is 0 Å². The minimum Gasteiger partial charge on any atom is -0.293 e. The number of hydrogen-bond donors (Lipinski definition) is 1. The van der Waals surface area contributed by atoms with Gasteiger partial charge in [0.2, 0.25) is 0 Å². The van der Waals surface area contributed by atoms with Gasteiger partial charge in [0.1, 0.15) is 0 Å². The highest BCUT2D eigenvalue weighted by Crippen LogP contribution is 2.17. The highest BCUT2D eigenvalue weighted by atomic mass is 15.1. The topological polar surface area (TPSA) is 24.4 Å². The summed E-state index contributed by atoms with van der Waals surface area (Å²) in [7, 11) is 0. The van der Waals surface area contributed by atoms with E-state index in [1.807, 2.05) is 13.1 Å². The molecule has 1 rings (SSSR count). The van der Waals surface area contributed by atoms with Gasteiger partial charge in [-0.25, -0.2) is 0 Å². The molecule has 1 fully saturated rings.